The maximum atomic E-state index is 11.9. The van der Waals surface area contributed by atoms with Crippen molar-refractivity contribution in [2.24, 2.45) is 11.3 Å². The smallest absolute Gasteiger partial charge is 0.312 e. The van der Waals surface area contributed by atoms with Crippen molar-refractivity contribution >= 4 is 5.97 Å². The first-order chi connectivity index (χ1) is 8.43. The van der Waals surface area contributed by atoms with Gasteiger partial charge in [-0.3, -0.25) is 4.79 Å². The fourth-order valence-electron chi connectivity index (χ4n) is 2.94. The van der Waals surface area contributed by atoms with Gasteiger partial charge >= 0.3 is 5.97 Å². The predicted molar refractivity (Wildman–Crippen MR) is 68.9 cm³/mol. The number of carbonyl (C=O) groups excluding carboxylic acids is 1. The minimum absolute atomic E-state index is 0.303. The monoisotopic (exact) mass is 248 g/mol. The molecule has 1 fully saturated rings. The topological polar surface area (TPSA) is 46.5 Å². The summed E-state index contributed by atoms with van der Waals surface area (Å²) in [6, 6.07) is 9.39. The first-order valence-electron chi connectivity index (χ1n) is 6.38. The molecule has 1 aliphatic carbocycles. The highest BCUT2D eigenvalue weighted by atomic mass is 16.5. The Labute approximate surface area is 108 Å². The molecule has 0 aromatic heterocycles. The summed E-state index contributed by atoms with van der Waals surface area (Å²) in [6.45, 7) is 6.09. The molecule has 3 nitrogen and oxygen atoms in total. The number of carbonyl (C=O) groups is 1. The number of rotatable bonds is 3. The van der Waals surface area contributed by atoms with Gasteiger partial charge in [0, 0.05) is 0 Å². The Morgan fingerprint density at radius 2 is 2.00 bits per heavy atom. The van der Waals surface area contributed by atoms with Gasteiger partial charge in [-0.15, -0.1) is 0 Å². The molecule has 3 heteroatoms. The number of aliphatic hydroxyl groups is 1. The van der Waals surface area contributed by atoms with Crippen LogP contribution in [0.4, 0.5) is 0 Å². The number of ether oxygens (including phenoxy) is 1. The van der Waals surface area contributed by atoms with Crippen molar-refractivity contribution in [3.63, 3.8) is 0 Å². The number of hydrogen-bond acceptors (Lipinski definition) is 3. The van der Waals surface area contributed by atoms with Crippen LogP contribution in [-0.4, -0.2) is 17.7 Å². The van der Waals surface area contributed by atoms with E-state index in [2.05, 4.69) is 0 Å². The third-order valence-corrected chi connectivity index (χ3v) is 4.04. The van der Waals surface area contributed by atoms with E-state index in [1.165, 1.54) is 0 Å². The van der Waals surface area contributed by atoms with E-state index in [0.717, 1.165) is 5.56 Å². The third kappa shape index (κ3) is 1.74. The van der Waals surface area contributed by atoms with Gasteiger partial charge in [0.25, 0.3) is 0 Å². The molecular weight excluding hydrogens is 228 g/mol. The maximum absolute atomic E-state index is 11.9. The Kier molecular flexibility index (Phi) is 3.20. The second kappa shape index (κ2) is 4.39. The van der Waals surface area contributed by atoms with Gasteiger partial charge in [0.15, 0.2) is 0 Å². The summed E-state index contributed by atoms with van der Waals surface area (Å²) < 4.78 is 5.06. The molecule has 98 valence electrons. The van der Waals surface area contributed by atoms with E-state index < -0.39 is 11.5 Å². The van der Waals surface area contributed by atoms with Gasteiger partial charge in [-0.05, 0) is 24.3 Å². The molecule has 0 amide bonds. The summed E-state index contributed by atoms with van der Waals surface area (Å²) in [6.07, 6.45) is 0.650. The molecule has 0 heterocycles. The molecule has 1 N–H and O–H groups in total. The lowest BCUT2D eigenvalue weighted by Crippen LogP contribution is -2.61. The molecule has 1 saturated carbocycles. The van der Waals surface area contributed by atoms with Crippen molar-refractivity contribution in [2.75, 3.05) is 6.61 Å². The van der Waals surface area contributed by atoms with E-state index in [9.17, 15) is 9.90 Å². The van der Waals surface area contributed by atoms with Crippen molar-refractivity contribution < 1.29 is 14.6 Å². The molecule has 1 aromatic rings. The first kappa shape index (κ1) is 13.1. The minimum atomic E-state index is -1.12. The summed E-state index contributed by atoms with van der Waals surface area (Å²) in [7, 11) is 0. The highest BCUT2D eigenvalue weighted by Crippen LogP contribution is 2.60. The lowest BCUT2D eigenvalue weighted by Gasteiger charge is -2.57. The van der Waals surface area contributed by atoms with Crippen LogP contribution in [0.2, 0.25) is 0 Å². The van der Waals surface area contributed by atoms with Gasteiger partial charge in [-0.25, -0.2) is 0 Å². The fourth-order valence-corrected chi connectivity index (χ4v) is 2.94. The van der Waals surface area contributed by atoms with E-state index in [0.29, 0.717) is 13.0 Å². The van der Waals surface area contributed by atoms with Gasteiger partial charge in [0.05, 0.1) is 12.5 Å². The standard InChI is InChI=1S/C15H20O3/c1-4-18-13(16)12-10-14(2,3)15(12,17)11-8-6-5-7-9-11/h5-9,12,17H,4,10H2,1-3H3/t12-,15+/m1/s1. The second-order valence-corrected chi connectivity index (χ2v) is 5.53. The average molecular weight is 248 g/mol. The molecule has 0 aliphatic heterocycles. The Balaban J connectivity index is 2.34. The lowest BCUT2D eigenvalue weighted by atomic mass is 9.50. The summed E-state index contributed by atoms with van der Waals surface area (Å²) >= 11 is 0. The Bertz CT molecular complexity index is 438. The quantitative estimate of drug-likeness (QED) is 0.836. The van der Waals surface area contributed by atoms with Gasteiger partial charge in [0.1, 0.15) is 5.60 Å². The van der Waals surface area contributed by atoms with Crippen molar-refractivity contribution in [1.29, 1.82) is 0 Å². The van der Waals surface area contributed by atoms with Crippen LogP contribution in [0.5, 0.6) is 0 Å². The van der Waals surface area contributed by atoms with Crippen LogP contribution in [0.3, 0.4) is 0 Å². The van der Waals surface area contributed by atoms with Crippen molar-refractivity contribution in [2.45, 2.75) is 32.8 Å². The molecule has 0 bridgehead atoms. The fraction of sp³-hybridized carbons (Fsp3) is 0.533. The van der Waals surface area contributed by atoms with Crippen molar-refractivity contribution in [3.8, 4) is 0 Å². The molecule has 0 spiro atoms. The van der Waals surface area contributed by atoms with Gasteiger partial charge < -0.3 is 9.84 Å². The average Bonchev–Trinajstić information content (AvgIpc) is 2.36. The van der Waals surface area contributed by atoms with Crippen LogP contribution < -0.4 is 0 Å². The Hall–Kier alpha value is -1.35. The molecule has 2 atom stereocenters. The zero-order valence-electron chi connectivity index (χ0n) is 11.1. The Morgan fingerprint density at radius 1 is 1.39 bits per heavy atom. The third-order valence-electron chi connectivity index (χ3n) is 4.04. The van der Waals surface area contributed by atoms with E-state index in [1.54, 1.807) is 6.92 Å². The molecular formula is C15H20O3. The van der Waals surface area contributed by atoms with E-state index in [-0.39, 0.29) is 11.4 Å². The predicted octanol–water partition coefficient (Wildman–Crippen LogP) is 2.48. The van der Waals surface area contributed by atoms with Gasteiger partial charge in [0.2, 0.25) is 0 Å². The van der Waals surface area contributed by atoms with E-state index in [1.807, 2.05) is 44.2 Å². The first-order valence-corrected chi connectivity index (χ1v) is 6.38. The van der Waals surface area contributed by atoms with Gasteiger partial charge in [-0.2, -0.15) is 0 Å². The van der Waals surface area contributed by atoms with Crippen LogP contribution >= 0.6 is 0 Å². The number of esters is 1. The van der Waals surface area contributed by atoms with Crippen molar-refractivity contribution in [1.82, 2.24) is 0 Å². The molecule has 0 unspecified atom stereocenters. The summed E-state index contributed by atoms with van der Waals surface area (Å²) in [4.78, 5) is 11.9. The lowest BCUT2D eigenvalue weighted by molar-refractivity contribution is -0.223. The zero-order valence-corrected chi connectivity index (χ0v) is 11.1. The van der Waals surface area contributed by atoms with Crippen LogP contribution in [0.1, 0.15) is 32.8 Å². The summed E-state index contributed by atoms with van der Waals surface area (Å²) in [5.74, 6) is -0.766. The molecule has 0 radical (unpaired) electrons. The van der Waals surface area contributed by atoms with Crippen LogP contribution in [-0.2, 0) is 15.1 Å². The molecule has 18 heavy (non-hydrogen) atoms. The highest BCUT2D eigenvalue weighted by Gasteiger charge is 2.63. The molecule has 1 aliphatic rings. The molecule has 0 saturated heterocycles. The largest absolute Gasteiger partial charge is 0.466 e. The normalized spacial score (nSPS) is 29.4. The Morgan fingerprint density at radius 3 is 2.50 bits per heavy atom. The second-order valence-electron chi connectivity index (χ2n) is 5.53. The van der Waals surface area contributed by atoms with E-state index in [4.69, 9.17) is 4.74 Å². The minimum Gasteiger partial charge on any atom is -0.466 e. The zero-order chi connectivity index (χ0) is 13.4. The molecule has 2 rings (SSSR count). The SMILES string of the molecule is CCOC(=O)[C@H]1CC(C)(C)[C@]1(O)c1ccccc1. The highest BCUT2D eigenvalue weighted by molar-refractivity contribution is 5.76. The maximum Gasteiger partial charge on any atom is 0.312 e. The number of benzene rings is 1. The van der Waals surface area contributed by atoms with Crippen LogP contribution in [0.15, 0.2) is 30.3 Å². The summed E-state index contributed by atoms with van der Waals surface area (Å²) in [5, 5.41) is 11.0. The van der Waals surface area contributed by atoms with Crippen molar-refractivity contribution in [3.05, 3.63) is 35.9 Å². The van der Waals surface area contributed by atoms with E-state index >= 15 is 0 Å². The number of hydrogen-bond donors (Lipinski definition) is 1. The summed E-state index contributed by atoms with van der Waals surface area (Å²) in [5.41, 5.74) is -0.647. The molecule has 1 aromatic carbocycles. The van der Waals surface area contributed by atoms with Crippen LogP contribution in [0, 0.1) is 11.3 Å². The van der Waals surface area contributed by atoms with Crippen LogP contribution in [0.25, 0.3) is 0 Å². The van der Waals surface area contributed by atoms with Gasteiger partial charge in [-0.1, -0.05) is 44.2 Å².